The number of aromatic nitrogens is 2. The maximum Gasteiger partial charge on any atom is 0.296 e. The van der Waals surface area contributed by atoms with E-state index in [0.29, 0.717) is 5.56 Å². The van der Waals surface area contributed by atoms with E-state index >= 15 is 0 Å². The van der Waals surface area contributed by atoms with Crippen LogP contribution in [0.15, 0.2) is 29.1 Å². The van der Waals surface area contributed by atoms with E-state index in [1.54, 1.807) is 0 Å². The van der Waals surface area contributed by atoms with Gasteiger partial charge in [-0.05, 0) is 17.7 Å². The van der Waals surface area contributed by atoms with Crippen LogP contribution in [0.5, 0.6) is 5.75 Å². The monoisotopic (exact) mass is 410 g/mol. The van der Waals surface area contributed by atoms with Gasteiger partial charge in [-0.3, -0.25) is 19.0 Å². The highest BCUT2D eigenvalue weighted by atomic mass is 19.3. The SMILES string of the molecule is Cn1c([C@@H]2CC(F)(F)CN2C=O)nc(C(=O)NCc2ccc(F)cc2)c(O)c1=O. The van der Waals surface area contributed by atoms with Gasteiger partial charge in [-0.2, -0.15) is 0 Å². The van der Waals surface area contributed by atoms with E-state index in [9.17, 15) is 32.7 Å². The third-order valence-corrected chi connectivity index (χ3v) is 4.62. The Bertz CT molecular complexity index is 1010. The number of nitrogens with one attached hydrogen (secondary N) is 1. The summed E-state index contributed by atoms with van der Waals surface area (Å²) in [5.74, 6) is -5.75. The molecule has 1 aliphatic rings. The number of aromatic hydroxyl groups is 1. The van der Waals surface area contributed by atoms with Gasteiger partial charge in [0, 0.05) is 20.0 Å². The van der Waals surface area contributed by atoms with Gasteiger partial charge < -0.3 is 15.3 Å². The second-order valence-corrected chi connectivity index (χ2v) is 6.69. The molecule has 0 bridgehead atoms. The Hall–Kier alpha value is -3.37. The first kappa shape index (κ1) is 20.4. The van der Waals surface area contributed by atoms with E-state index in [2.05, 4.69) is 10.3 Å². The van der Waals surface area contributed by atoms with Gasteiger partial charge in [-0.25, -0.2) is 18.2 Å². The van der Waals surface area contributed by atoms with Crippen molar-refractivity contribution < 1.29 is 27.9 Å². The van der Waals surface area contributed by atoms with Crippen molar-refractivity contribution in [1.82, 2.24) is 19.8 Å². The number of alkyl halides is 2. The van der Waals surface area contributed by atoms with E-state index in [1.807, 2.05) is 0 Å². The number of rotatable bonds is 5. The maximum absolute atomic E-state index is 13.8. The van der Waals surface area contributed by atoms with Gasteiger partial charge in [0.2, 0.25) is 12.2 Å². The first-order valence-electron chi connectivity index (χ1n) is 8.54. The third-order valence-electron chi connectivity index (χ3n) is 4.62. The maximum atomic E-state index is 13.8. The van der Waals surface area contributed by atoms with Gasteiger partial charge in [0.1, 0.15) is 11.6 Å². The lowest BCUT2D eigenvalue weighted by Gasteiger charge is -2.21. The molecule has 1 atom stereocenters. The summed E-state index contributed by atoms with van der Waals surface area (Å²) in [6.07, 6.45) is -0.549. The molecule has 2 N–H and O–H groups in total. The van der Waals surface area contributed by atoms with E-state index in [4.69, 9.17) is 0 Å². The Balaban J connectivity index is 1.91. The van der Waals surface area contributed by atoms with Crippen LogP contribution >= 0.6 is 0 Å². The van der Waals surface area contributed by atoms with E-state index in [-0.39, 0.29) is 18.8 Å². The zero-order valence-electron chi connectivity index (χ0n) is 15.2. The van der Waals surface area contributed by atoms with Crippen LogP contribution in [0.25, 0.3) is 0 Å². The summed E-state index contributed by atoms with van der Waals surface area (Å²) in [5, 5.41) is 12.5. The van der Waals surface area contributed by atoms with Crippen molar-refractivity contribution >= 4 is 12.3 Å². The molecule has 1 aromatic carbocycles. The van der Waals surface area contributed by atoms with Crippen molar-refractivity contribution in [3.8, 4) is 5.75 Å². The summed E-state index contributed by atoms with van der Waals surface area (Å²) in [6.45, 7) is -0.892. The van der Waals surface area contributed by atoms with Crippen LogP contribution in [-0.2, 0) is 18.4 Å². The molecule has 2 aromatic rings. The topological polar surface area (TPSA) is 105 Å². The van der Waals surface area contributed by atoms with E-state index < -0.39 is 53.7 Å². The minimum Gasteiger partial charge on any atom is -0.501 e. The number of amides is 2. The molecule has 0 unspecified atom stereocenters. The molecule has 154 valence electrons. The number of carbonyl (C=O) groups is 2. The van der Waals surface area contributed by atoms with Crippen LogP contribution in [-0.4, -0.2) is 44.3 Å². The number of carbonyl (C=O) groups excluding carboxylic acids is 2. The fourth-order valence-electron chi connectivity index (χ4n) is 3.12. The van der Waals surface area contributed by atoms with Gasteiger partial charge in [-0.15, -0.1) is 0 Å². The van der Waals surface area contributed by atoms with Gasteiger partial charge in [-0.1, -0.05) is 12.1 Å². The summed E-state index contributed by atoms with van der Waals surface area (Å²) >= 11 is 0. The lowest BCUT2D eigenvalue weighted by atomic mass is 10.1. The zero-order chi connectivity index (χ0) is 21.3. The zero-order valence-corrected chi connectivity index (χ0v) is 15.2. The summed E-state index contributed by atoms with van der Waals surface area (Å²) in [6, 6.07) is 4.02. The van der Waals surface area contributed by atoms with Crippen molar-refractivity contribution in [2.24, 2.45) is 7.05 Å². The average Bonchev–Trinajstić information content (AvgIpc) is 3.00. The number of halogens is 3. The average molecular weight is 410 g/mol. The van der Waals surface area contributed by atoms with Crippen molar-refractivity contribution in [2.45, 2.75) is 24.9 Å². The van der Waals surface area contributed by atoms with Crippen LogP contribution in [0.1, 0.15) is 34.3 Å². The molecule has 0 saturated carbocycles. The summed E-state index contributed by atoms with van der Waals surface area (Å²) < 4.78 is 41.3. The minimum absolute atomic E-state index is 0.0489. The lowest BCUT2D eigenvalue weighted by molar-refractivity contribution is -0.120. The van der Waals surface area contributed by atoms with Gasteiger partial charge in [0.25, 0.3) is 17.4 Å². The largest absolute Gasteiger partial charge is 0.501 e. The molecule has 1 saturated heterocycles. The summed E-state index contributed by atoms with van der Waals surface area (Å²) in [4.78, 5) is 40.6. The molecule has 1 aromatic heterocycles. The molecule has 8 nitrogen and oxygen atoms in total. The van der Waals surface area contributed by atoms with E-state index in [1.165, 1.54) is 31.3 Å². The molecule has 3 rings (SSSR count). The Labute approximate surface area is 162 Å². The Morgan fingerprint density at radius 2 is 2.03 bits per heavy atom. The first-order valence-corrected chi connectivity index (χ1v) is 8.54. The Kier molecular flexibility index (Phi) is 5.31. The van der Waals surface area contributed by atoms with Crippen LogP contribution in [0.2, 0.25) is 0 Å². The van der Waals surface area contributed by atoms with Crippen molar-refractivity contribution in [2.75, 3.05) is 6.54 Å². The highest BCUT2D eigenvalue weighted by molar-refractivity contribution is 5.94. The second-order valence-electron chi connectivity index (χ2n) is 6.69. The smallest absolute Gasteiger partial charge is 0.296 e. The molecule has 0 aliphatic carbocycles. The van der Waals surface area contributed by atoms with Crippen molar-refractivity contribution in [3.63, 3.8) is 0 Å². The second kappa shape index (κ2) is 7.57. The molecular formula is C18H17F3N4O4. The van der Waals surface area contributed by atoms with Crippen LogP contribution in [0.4, 0.5) is 13.2 Å². The molecule has 1 aliphatic heterocycles. The molecule has 1 fully saturated rings. The predicted octanol–water partition coefficient (Wildman–Crippen LogP) is 1.09. The summed E-state index contributed by atoms with van der Waals surface area (Å²) in [5.41, 5.74) is -1.11. The molecule has 0 spiro atoms. The number of benzene rings is 1. The molecular weight excluding hydrogens is 393 g/mol. The number of likely N-dealkylation sites (tertiary alicyclic amines) is 1. The van der Waals surface area contributed by atoms with Crippen LogP contribution < -0.4 is 10.9 Å². The standard InChI is InChI=1S/C18H17F3N4O4/c1-24-15(12-6-18(20,21)8-25(12)9-26)23-13(14(27)17(24)29)16(28)22-7-10-2-4-11(19)5-3-10/h2-5,9,12,27H,6-8H2,1H3,(H,22,28)/t12-/m0/s1. The van der Waals surface area contributed by atoms with E-state index in [0.717, 1.165) is 9.47 Å². The molecule has 11 heteroatoms. The fraction of sp³-hybridized carbons (Fsp3) is 0.333. The highest BCUT2D eigenvalue weighted by Crippen LogP contribution is 2.39. The van der Waals surface area contributed by atoms with Crippen LogP contribution in [0.3, 0.4) is 0 Å². The van der Waals surface area contributed by atoms with Gasteiger partial charge in [0.05, 0.1) is 12.6 Å². The number of hydrogen-bond acceptors (Lipinski definition) is 5. The third kappa shape index (κ3) is 4.08. The fourth-order valence-corrected chi connectivity index (χ4v) is 3.12. The highest BCUT2D eigenvalue weighted by Gasteiger charge is 2.47. The molecule has 2 heterocycles. The molecule has 0 radical (unpaired) electrons. The van der Waals surface area contributed by atoms with Gasteiger partial charge >= 0.3 is 0 Å². The Morgan fingerprint density at radius 1 is 1.38 bits per heavy atom. The quantitative estimate of drug-likeness (QED) is 0.719. The Morgan fingerprint density at radius 3 is 2.66 bits per heavy atom. The van der Waals surface area contributed by atoms with Gasteiger partial charge in [0.15, 0.2) is 5.69 Å². The predicted molar refractivity (Wildman–Crippen MR) is 93.8 cm³/mol. The minimum atomic E-state index is -3.17. The molecule has 29 heavy (non-hydrogen) atoms. The summed E-state index contributed by atoms with van der Waals surface area (Å²) in [7, 11) is 1.20. The van der Waals surface area contributed by atoms with Crippen molar-refractivity contribution in [1.29, 1.82) is 0 Å². The first-order chi connectivity index (χ1) is 13.6. The number of nitrogens with zero attached hydrogens (tertiary/aromatic N) is 3. The van der Waals surface area contributed by atoms with Crippen molar-refractivity contribution in [3.05, 3.63) is 57.5 Å². The lowest BCUT2D eigenvalue weighted by Crippen LogP contribution is -2.33. The normalized spacial score (nSPS) is 17.9. The number of hydrogen-bond donors (Lipinski definition) is 2. The van der Waals surface area contributed by atoms with Crippen LogP contribution in [0, 0.1) is 5.82 Å². The molecule has 2 amide bonds.